The summed E-state index contributed by atoms with van der Waals surface area (Å²) in [5.41, 5.74) is 0.860. The monoisotopic (exact) mass is 534 g/mol. The van der Waals surface area contributed by atoms with Crippen LogP contribution in [0.1, 0.15) is 88.4 Å². The van der Waals surface area contributed by atoms with Gasteiger partial charge in [-0.2, -0.15) is 0 Å². The van der Waals surface area contributed by atoms with E-state index in [9.17, 15) is 18.0 Å². The average molecular weight is 535 g/mol. The van der Waals surface area contributed by atoms with Crippen molar-refractivity contribution in [2.24, 2.45) is 0 Å². The molecule has 0 aliphatic heterocycles. The third kappa shape index (κ3) is 8.99. The van der Waals surface area contributed by atoms with Gasteiger partial charge in [0.1, 0.15) is 6.54 Å². The summed E-state index contributed by atoms with van der Waals surface area (Å²) in [6, 6.07) is 7.01. The molecule has 9 heteroatoms. The van der Waals surface area contributed by atoms with Gasteiger partial charge in [0.25, 0.3) is 5.91 Å². The maximum Gasteiger partial charge on any atom is 0.254 e. The Morgan fingerprint density at radius 1 is 0.838 bits per heavy atom. The topological polar surface area (TPSA) is 90.0 Å². The molecule has 2 saturated carbocycles. The number of carbonyl (C=O) groups excluding carboxylic acids is 2. The highest BCUT2D eigenvalue weighted by molar-refractivity contribution is 7.92. The number of likely N-dealkylation sites (N-methyl/N-ethyl adjacent to an activating group) is 1. The summed E-state index contributed by atoms with van der Waals surface area (Å²) in [4.78, 5) is 33.7. The van der Waals surface area contributed by atoms with Gasteiger partial charge in [0.2, 0.25) is 15.9 Å². The molecule has 0 bridgehead atoms. The number of rotatable bonds is 12. The average Bonchev–Trinajstić information content (AvgIpc) is 2.89. The van der Waals surface area contributed by atoms with Gasteiger partial charge in [-0.1, -0.05) is 52.4 Å². The van der Waals surface area contributed by atoms with E-state index in [1.807, 2.05) is 0 Å². The summed E-state index contributed by atoms with van der Waals surface area (Å²) in [7, 11) is -3.40. The molecule has 1 aromatic rings. The highest BCUT2D eigenvalue weighted by Gasteiger charge is 2.34. The fourth-order valence-corrected chi connectivity index (χ4v) is 6.36. The van der Waals surface area contributed by atoms with Gasteiger partial charge in [-0.25, -0.2) is 8.42 Å². The third-order valence-corrected chi connectivity index (χ3v) is 8.46. The van der Waals surface area contributed by atoms with E-state index in [2.05, 4.69) is 28.4 Å². The molecule has 208 valence electrons. The summed E-state index contributed by atoms with van der Waals surface area (Å²) in [6.45, 7) is 7.22. The number of hydrogen-bond donors (Lipinski definition) is 1. The Balaban J connectivity index is 1.80. The van der Waals surface area contributed by atoms with Gasteiger partial charge < -0.3 is 14.7 Å². The van der Waals surface area contributed by atoms with Gasteiger partial charge in [-0.3, -0.25) is 14.3 Å². The zero-order valence-electron chi connectivity index (χ0n) is 23.0. The molecule has 2 aliphatic rings. The quantitative estimate of drug-likeness (QED) is 0.431. The number of nitrogens with one attached hydrogen (secondary N) is 1. The van der Waals surface area contributed by atoms with Crippen molar-refractivity contribution in [3.05, 3.63) is 29.8 Å². The molecule has 0 aromatic heterocycles. The molecular formula is C28H46N4O4S. The molecule has 1 aromatic carbocycles. The van der Waals surface area contributed by atoms with Gasteiger partial charge in [0, 0.05) is 36.4 Å². The van der Waals surface area contributed by atoms with Crippen LogP contribution in [0.25, 0.3) is 0 Å². The molecule has 0 unspecified atom stereocenters. The second-order valence-corrected chi connectivity index (χ2v) is 12.3. The first kappa shape index (κ1) is 29.4. The van der Waals surface area contributed by atoms with Crippen LogP contribution in [-0.4, -0.2) is 86.0 Å². The minimum Gasteiger partial charge on any atom is -0.335 e. The zero-order chi connectivity index (χ0) is 26.8. The first-order valence-electron chi connectivity index (χ1n) is 14.1. The van der Waals surface area contributed by atoms with Crippen molar-refractivity contribution in [1.82, 2.24) is 14.7 Å². The molecule has 2 amide bonds. The number of nitrogens with zero attached hydrogens (tertiary/aromatic N) is 3. The largest absolute Gasteiger partial charge is 0.335 e. The van der Waals surface area contributed by atoms with Gasteiger partial charge in [-0.15, -0.1) is 0 Å². The van der Waals surface area contributed by atoms with Gasteiger partial charge >= 0.3 is 0 Å². The molecule has 0 atom stereocenters. The standard InChI is InChI=1S/C28H46N4O4S/c1-4-30(5-2)20-21-31(28(34)23-16-18-24(19-17-23)29-37(3,35)36)22-27(33)32(25-12-8-6-9-13-25)26-14-10-7-11-15-26/h16-19,25-26,29H,4-15,20-22H2,1-3H3. The van der Waals surface area contributed by atoms with Crippen LogP contribution in [0, 0.1) is 0 Å². The lowest BCUT2D eigenvalue weighted by atomic mass is 9.88. The van der Waals surface area contributed by atoms with Crippen molar-refractivity contribution in [2.75, 3.05) is 43.7 Å². The molecule has 2 fully saturated rings. The first-order valence-corrected chi connectivity index (χ1v) is 16.0. The van der Waals surface area contributed by atoms with Gasteiger partial charge in [-0.05, 0) is 63.0 Å². The first-order chi connectivity index (χ1) is 17.7. The van der Waals surface area contributed by atoms with Crippen LogP contribution in [0.4, 0.5) is 5.69 Å². The fourth-order valence-electron chi connectivity index (χ4n) is 5.80. The molecule has 2 aliphatic carbocycles. The summed E-state index contributed by atoms with van der Waals surface area (Å²) in [6.07, 6.45) is 12.5. The van der Waals surface area contributed by atoms with Crippen molar-refractivity contribution in [2.45, 2.75) is 90.1 Å². The van der Waals surface area contributed by atoms with Crippen molar-refractivity contribution < 1.29 is 18.0 Å². The van der Waals surface area contributed by atoms with Crippen LogP contribution in [0.3, 0.4) is 0 Å². The third-order valence-electron chi connectivity index (χ3n) is 7.85. The van der Waals surface area contributed by atoms with E-state index in [-0.39, 0.29) is 30.4 Å². The Kier molecular flexibility index (Phi) is 11.2. The predicted octanol–water partition coefficient (Wildman–Crippen LogP) is 4.34. The molecule has 0 radical (unpaired) electrons. The van der Waals surface area contributed by atoms with Gasteiger partial charge in [0.05, 0.1) is 6.26 Å². The normalized spacial score (nSPS) is 17.5. The Bertz CT molecular complexity index is 948. The fraction of sp³-hybridized carbons (Fsp3) is 0.714. The van der Waals surface area contributed by atoms with Crippen LogP contribution < -0.4 is 4.72 Å². The van der Waals surface area contributed by atoms with Crippen LogP contribution in [0.15, 0.2) is 24.3 Å². The molecule has 0 saturated heterocycles. The number of carbonyl (C=O) groups is 2. The predicted molar refractivity (Wildman–Crippen MR) is 149 cm³/mol. The number of amides is 2. The van der Waals surface area contributed by atoms with Crippen LogP contribution in [0.5, 0.6) is 0 Å². The Hall–Kier alpha value is -2.13. The second kappa shape index (κ2) is 14.1. The molecule has 1 N–H and O–H groups in total. The highest BCUT2D eigenvalue weighted by atomic mass is 32.2. The zero-order valence-corrected chi connectivity index (χ0v) is 23.8. The minimum atomic E-state index is -3.40. The summed E-state index contributed by atoms with van der Waals surface area (Å²) >= 11 is 0. The Morgan fingerprint density at radius 3 is 1.81 bits per heavy atom. The lowest BCUT2D eigenvalue weighted by Gasteiger charge is -2.42. The maximum absolute atomic E-state index is 13.9. The van der Waals surface area contributed by atoms with E-state index >= 15 is 0 Å². The van der Waals surface area contributed by atoms with E-state index in [1.165, 1.54) is 38.5 Å². The molecule has 37 heavy (non-hydrogen) atoms. The van der Waals surface area contributed by atoms with Crippen LogP contribution in [0.2, 0.25) is 0 Å². The summed E-state index contributed by atoms with van der Waals surface area (Å²) in [5.74, 6) is -0.124. The number of sulfonamides is 1. The number of hydrogen-bond acceptors (Lipinski definition) is 5. The van der Waals surface area contributed by atoms with Gasteiger partial charge in [0.15, 0.2) is 0 Å². The SMILES string of the molecule is CCN(CC)CCN(CC(=O)N(C1CCCCC1)C1CCCCC1)C(=O)c1ccc(NS(C)(=O)=O)cc1. The summed E-state index contributed by atoms with van der Waals surface area (Å²) < 4.78 is 25.5. The lowest BCUT2D eigenvalue weighted by Crippen LogP contribution is -2.53. The van der Waals surface area contributed by atoms with E-state index < -0.39 is 10.0 Å². The van der Waals surface area contributed by atoms with E-state index in [0.717, 1.165) is 45.0 Å². The minimum absolute atomic E-state index is 0.0714. The Labute approximate surface area is 223 Å². The van der Waals surface area contributed by atoms with Crippen molar-refractivity contribution in [1.29, 1.82) is 0 Å². The highest BCUT2D eigenvalue weighted by Crippen LogP contribution is 2.30. The number of anilines is 1. The van der Waals surface area contributed by atoms with E-state index in [0.29, 0.717) is 24.3 Å². The van der Waals surface area contributed by atoms with Crippen molar-refractivity contribution in [3.8, 4) is 0 Å². The molecule has 8 nitrogen and oxygen atoms in total. The van der Waals surface area contributed by atoms with Crippen LogP contribution in [-0.2, 0) is 14.8 Å². The smallest absolute Gasteiger partial charge is 0.254 e. The molecular weight excluding hydrogens is 488 g/mol. The number of benzene rings is 1. The lowest BCUT2D eigenvalue weighted by molar-refractivity contribution is -0.138. The Morgan fingerprint density at radius 2 is 1.35 bits per heavy atom. The summed E-state index contributed by atoms with van der Waals surface area (Å²) in [5, 5.41) is 0. The molecule has 0 heterocycles. The second-order valence-electron chi connectivity index (χ2n) is 10.6. The van der Waals surface area contributed by atoms with Crippen molar-refractivity contribution in [3.63, 3.8) is 0 Å². The molecule has 0 spiro atoms. The maximum atomic E-state index is 13.9. The van der Waals surface area contributed by atoms with E-state index in [1.54, 1.807) is 29.2 Å². The van der Waals surface area contributed by atoms with Crippen LogP contribution >= 0.6 is 0 Å². The van der Waals surface area contributed by atoms with E-state index in [4.69, 9.17) is 0 Å². The van der Waals surface area contributed by atoms with Crippen molar-refractivity contribution >= 4 is 27.5 Å². The molecule has 3 rings (SSSR count).